The quantitative estimate of drug-likeness (QED) is 0.739. The van der Waals surface area contributed by atoms with Gasteiger partial charge in [-0.15, -0.1) is 0 Å². The van der Waals surface area contributed by atoms with Crippen LogP contribution in [-0.2, 0) is 14.3 Å². The van der Waals surface area contributed by atoms with E-state index in [2.05, 4.69) is 13.8 Å². The van der Waals surface area contributed by atoms with Crippen LogP contribution in [0.15, 0.2) is 11.1 Å². The average Bonchev–Trinajstić information content (AvgIpc) is 2.89. The second-order valence-electron chi connectivity index (χ2n) is 9.24. The van der Waals surface area contributed by atoms with Gasteiger partial charge in [0.2, 0.25) is 0 Å². The maximum atomic E-state index is 12.4. The molecule has 24 heavy (non-hydrogen) atoms. The van der Waals surface area contributed by atoms with Crippen molar-refractivity contribution in [2.75, 3.05) is 6.61 Å². The van der Waals surface area contributed by atoms with Gasteiger partial charge < -0.3 is 9.84 Å². The van der Waals surface area contributed by atoms with Crippen molar-refractivity contribution >= 4 is 11.9 Å². The number of carbonyl (C=O) groups is 2. The number of rotatable bonds is 1. The summed E-state index contributed by atoms with van der Waals surface area (Å²) in [5, 5.41) is 9.92. The van der Waals surface area contributed by atoms with Crippen molar-refractivity contribution in [2.45, 2.75) is 65.7 Å². The number of carboxylic acid groups (broad SMARTS) is 1. The molecule has 0 bridgehead atoms. The molecule has 0 radical (unpaired) electrons. The fourth-order valence-electron chi connectivity index (χ4n) is 7.12. The SMILES string of the molecule is C[C@]12CCC[C@](C)(C(=O)O)[C@@H]1CC[C@@]1(C)C3=C(CC[C@H]21)COC3=O. The molecule has 1 aliphatic heterocycles. The Morgan fingerprint density at radius 2 is 1.88 bits per heavy atom. The Kier molecular flexibility index (Phi) is 3.27. The molecule has 1 heterocycles. The second kappa shape index (κ2) is 4.86. The minimum atomic E-state index is -0.641. The lowest BCUT2D eigenvalue weighted by Gasteiger charge is -2.63. The van der Waals surface area contributed by atoms with Gasteiger partial charge in [0.25, 0.3) is 0 Å². The van der Waals surface area contributed by atoms with E-state index in [4.69, 9.17) is 4.74 Å². The van der Waals surface area contributed by atoms with Crippen molar-refractivity contribution in [3.63, 3.8) is 0 Å². The Bertz CT molecular complexity index is 650. The maximum absolute atomic E-state index is 12.4. The summed E-state index contributed by atoms with van der Waals surface area (Å²) in [6.07, 6.45) is 6.65. The molecule has 4 rings (SSSR count). The lowest BCUT2D eigenvalue weighted by atomic mass is 9.40. The number of hydrogen-bond acceptors (Lipinski definition) is 3. The molecule has 1 N–H and O–H groups in total. The lowest BCUT2D eigenvalue weighted by molar-refractivity contribution is -0.176. The van der Waals surface area contributed by atoms with Crippen LogP contribution in [0.3, 0.4) is 0 Å². The van der Waals surface area contributed by atoms with E-state index in [1.165, 1.54) is 5.57 Å². The summed E-state index contributed by atoms with van der Waals surface area (Å²) in [5.74, 6) is -0.171. The molecule has 2 saturated carbocycles. The number of carbonyl (C=O) groups excluding carboxylic acids is 1. The van der Waals surface area contributed by atoms with Crippen LogP contribution in [0.4, 0.5) is 0 Å². The van der Waals surface area contributed by atoms with E-state index in [0.717, 1.165) is 50.5 Å². The number of ether oxygens (including phenoxy) is 1. The van der Waals surface area contributed by atoms with Gasteiger partial charge in [0.05, 0.1) is 5.41 Å². The van der Waals surface area contributed by atoms with E-state index in [1.54, 1.807) is 0 Å². The average molecular weight is 332 g/mol. The fourth-order valence-corrected chi connectivity index (χ4v) is 7.12. The largest absolute Gasteiger partial charge is 0.481 e. The maximum Gasteiger partial charge on any atom is 0.334 e. The van der Waals surface area contributed by atoms with Crippen LogP contribution in [0.1, 0.15) is 65.7 Å². The summed E-state index contributed by atoms with van der Waals surface area (Å²) in [6.45, 7) is 6.99. The molecule has 0 aromatic rings. The number of esters is 1. The number of fused-ring (bicyclic) bond motifs is 4. The van der Waals surface area contributed by atoms with E-state index < -0.39 is 11.4 Å². The number of aliphatic carboxylic acids is 1. The van der Waals surface area contributed by atoms with Gasteiger partial charge in [0, 0.05) is 11.0 Å². The molecule has 0 amide bonds. The zero-order valence-electron chi connectivity index (χ0n) is 15.0. The predicted molar refractivity (Wildman–Crippen MR) is 89.2 cm³/mol. The van der Waals surface area contributed by atoms with Gasteiger partial charge in [-0.1, -0.05) is 20.3 Å². The molecular formula is C20H28O4. The molecule has 3 aliphatic carbocycles. The van der Waals surface area contributed by atoms with Crippen LogP contribution in [0.2, 0.25) is 0 Å². The van der Waals surface area contributed by atoms with Gasteiger partial charge in [-0.05, 0) is 68.3 Å². The van der Waals surface area contributed by atoms with Crippen LogP contribution < -0.4 is 0 Å². The monoisotopic (exact) mass is 332 g/mol. The minimum Gasteiger partial charge on any atom is -0.481 e. The highest BCUT2D eigenvalue weighted by atomic mass is 16.5. The smallest absolute Gasteiger partial charge is 0.334 e. The molecule has 4 heteroatoms. The van der Waals surface area contributed by atoms with E-state index in [1.807, 2.05) is 6.92 Å². The zero-order valence-corrected chi connectivity index (χ0v) is 15.0. The first kappa shape index (κ1) is 16.2. The third kappa shape index (κ3) is 1.80. The van der Waals surface area contributed by atoms with Crippen LogP contribution >= 0.6 is 0 Å². The van der Waals surface area contributed by atoms with E-state index in [9.17, 15) is 14.7 Å². The third-order valence-corrected chi connectivity index (χ3v) is 8.22. The Hall–Kier alpha value is -1.32. The molecular weight excluding hydrogens is 304 g/mol. The van der Waals surface area contributed by atoms with Crippen molar-refractivity contribution in [2.24, 2.45) is 28.1 Å². The molecule has 0 aromatic heterocycles. The number of carboxylic acids is 1. The van der Waals surface area contributed by atoms with Gasteiger partial charge in [-0.25, -0.2) is 4.79 Å². The first-order valence-electron chi connectivity index (χ1n) is 9.36. The minimum absolute atomic E-state index is 0.000208. The van der Waals surface area contributed by atoms with Crippen LogP contribution in [0, 0.1) is 28.1 Å². The van der Waals surface area contributed by atoms with Crippen LogP contribution in [-0.4, -0.2) is 23.7 Å². The molecule has 0 spiro atoms. The van der Waals surface area contributed by atoms with Crippen molar-refractivity contribution in [3.05, 3.63) is 11.1 Å². The van der Waals surface area contributed by atoms with Gasteiger partial charge in [-0.3, -0.25) is 4.79 Å². The zero-order chi connectivity index (χ0) is 17.3. The molecule has 2 fully saturated rings. The highest BCUT2D eigenvalue weighted by Crippen LogP contribution is 2.68. The molecule has 0 unspecified atom stereocenters. The van der Waals surface area contributed by atoms with Gasteiger partial charge in [0.1, 0.15) is 6.61 Å². The molecule has 4 nitrogen and oxygen atoms in total. The van der Waals surface area contributed by atoms with E-state index >= 15 is 0 Å². The lowest BCUT2D eigenvalue weighted by Crippen LogP contribution is -2.58. The molecule has 0 saturated heterocycles. The Morgan fingerprint density at radius 3 is 2.58 bits per heavy atom. The van der Waals surface area contributed by atoms with E-state index in [0.29, 0.717) is 12.5 Å². The molecule has 132 valence electrons. The fraction of sp³-hybridized carbons (Fsp3) is 0.800. The van der Waals surface area contributed by atoms with Crippen LogP contribution in [0.25, 0.3) is 0 Å². The Labute approximate surface area is 143 Å². The topological polar surface area (TPSA) is 63.6 Å². The second-order valence-corrected chi connectivity index (χ2v) is 9.24. The van der Waals surface area contributed by atoms with Crippen molar-refractivity contribution in [1.29, 1.82) is 0 Å². The van der Waals surface area contributed by atoms with Gasteiger partial charge in [0.15, 0.2) is 0 Å². The first-order valence-corrected chi connectivity index (χ1v) is 9.36. The summed E-state index contributed by atoms with van der Waals surface area (Å²) >= 11 is 0. The summed E-state index contributed by atoms with van der Waals surface area (Å²) < 4.78 is 5.36. The van der Waals surface area contributed by atoms with Crippen LogP contribution in [0.5, 0.6) is 0 Å². The molecule has 4 aliphatic rings. The van der Waals surface area contributed by atoms with E-state index in [-0.39, 0.29) is 22.7 Å². The van der Waals surface area contributed by atoms with Gasteiger partial charge >= 0.3 is 11.9 Å². The Balaban J connectivity index is 1.79. The third-order valence-electron chi connectivity index (χ3n) is 8.22. The standard InChI is InChI=1S/C20H28O4/c1-18-8-4-9-20(3,17(22)23)14(18)7-10-19(2)13(18)6-5-12-11-24-16(21)15(12)19/h13-14H,4-11H2,1-3H3,(H,22,23)/t13-,14-,18-,19-,20+/m1/s1. The number of hydrogen-bond donors (Lipinski definition) is 1. The normalized spacial score (nSPS) is 47.5. The molecule has 0 aromatic carbocycles. The Morgan fingerprint density at radius 1 is 1.12 bits per heavy atom. The summed E-state index contributed by atoms with van der Waals surface area (Å²) in [7, 11) is 0. The highest BCUT2D eigenvalue weighted by Gasteiger charge is 2.64. The number of cyclic esters (lactones) is 1. The van der Waals surface area contributed by atoms with Crippen molar-refractivity contribution in [3.8, 4) is 0 Å². The van der Waals surface area contributed by atoms with Gasteiger partial charge in [-0.2, -0.15) is 0 Å². The summed E-state index contributed by atoms with van der Waals surface area (Å²) in [4.78, 5) is 24.5. The molecule has 5 atom stereocenters. The summed E-state index contributed by atoms with van der Waals surface area (Å²) in [5.41, 5.74) is 1.39. The highest BCUT2D eigenvalue weighted by molar-refractivity contribution is 5.93. The summed E-state index contributed by atoms with van der Waals surface area (Å²) in [6, 6.07) is 0. The van der Waals surface area contributed by atoms with Crippen molar-refractivity contribution < 1.29 is 19.4 Å². The predicted octanol–water partition coefficient (Wildman–Crippen LogP) is 3.95. The first-order chi connectivity index (χ1) is 11.2. The van der Waals surface area contributed by atoms with Crippen molar-refractivity contribution in [1.82, 2.24) is 0 Å².